The van der Waals surface area contributed by atoms with Gasteiger partial charge in [-0.15, -0.1) is 0 Å². The maximum Gasteiger partial charge on any atom is 0.229 e. The number of anilines is 2. The maximum absolute atomic E-state index is 11.4. The molecule has 0 aliphatic carbocycles. The van der Waals surface area contributed by atoms with E-state index in [1.54, 1.807) is 30.6 Å². The third-order valence-corrected chi connectivity index (χ3v) is 4.51. The summed E-state index contributed by atoms with van der Waals surface area (Å²) in [4.78, 5) is 4.27. The fourth-order valence-corrected chi connectivity index (χ4v) is 3.16. The summed E-state index contributed by atoms with van der Waals surface area (Å²) in [5, 5.41) is 4.03. The van der Waals surface area contributed by atoms with Crippen molar-refractivity contribution >= 4 is 33.0 Å². The number of hydrogen-bond acceptors (Lipinski definition) is 4. The van der Waals surface area contributed by atoms with E-state index in [0.717, 1.165) is 28.6 Å². The number of nitrogens with one attached hydrogen (secondary N) is 2. The molecule has 0 radical (unpaired) electrons. The molecule has 3 rings (SSSR count). The van der Waals surface area contributed by atoms with Gasteiger partial charge in [0.15, 0.2) is 0 Å². The molecule has 7 heteroatoms. The van der Waals surface area contributed by atoms with E-state index in [0.29, 0.717) is 17.3 Å². The van der Waals surface area contributed by atoms with Crippen molar-refractivity contribution in [1.82, 2.24) is 4.98 Å². The van der Waals surface area contributed by atoms with Crippen LogP contribution < -0.4 is 10.0 Å². The number of aromatic nitrogens is 1. The van der Waals surface area contributed by atoms with Crippen LogP contribution in [-0.4, -0.2) is 19.7 Å². The van der Waals surface area contributed by atoms with Crippen LogP contribution in [0.15, 0.2) is 67.0 Å². The molecule has 1 aromatic heterocycles. The van der Waals surface area contributed by atoms with E-state index in [2.05, 4.69) is 15.0 Å². The second-order valence-electron chi connectivity index (χ2n) is 5.90. The van der Waals surface area contributed by atoms with Crippen LogP contribution in [0.4, 0.5) is 11.4 Å². The number of benzene rings is 2. The Morgan fingerprint density at radius 1 is 0.962 bits per heavy atom. The van der Waals surface area contributed by atoms with Crippen molar-refractivity contribution in [2.45, 2.75) is 6.54 Å². The van der Waals surface area contributed by atoms with Gasteiger partial charge in [-0.1, -0.05) is 35.9 Å². The Morgan fingerprint density at radius 3 is 2.42 bits per heavy atom. The Morgan fingerprint density at radius 2 is 1.69 bits per heavy atom. The molecule has 0 unspecified atom stereocenters. The molecular weight excluding hydrogens is 370 g/mol. The first-order valence-electron chi connectivity index (χ1n) is 7.91. The van der Waals surface area contributed by atoms with Gasteiger partial charge in [0.1, 0.15) is 0 Å². The van der Waals surface area contributed by atoms with Gasteiger partial charge in [0.05, 0.1) is 11.9 Å². The molecule has 1 heterocycles. The van der Waals surface area contributed by atoms with Crippen molar-refractivity contribution in [3.05, 3.63) is 77.6 Å². The lowest BCUT2D eigenvalue weighted by Crippen LogP contribution is -2.09. The fourth-order valence-electron chi connectivity index (χ4n) is 2.48. The highest BCUT2D eigenvalue weighted by Crippen LogP contribution is 2.25. The second kappa shape index (κ2) is 7.76. The van der Waals surface area contributed by atoms with Crippen molar-refractivity contribution < 1.29 is 8.42 Å². The summed E-state index contributed by atoms with van der Waals surface area (Å²) < 4.78 is 25.3. The van der Waals surface area contributed by atoms with E-state index >= 15 is 0 Å². The first-order chi connectivity index (χ1) is 12.4. The second-order valence-corrected chi connectivity index (χ2v) is 8.08. The Hall–Kier alpha value is -2.57. The standard InChI is InChI=1S/C19H18ClN3O2S/c1-26(24,25)23-18-4-2-3-15(9-18)16-10-19(13-21-12-16)22-11-14-5-7-17(20)8-6-14/h2-10,12-13,22-23H,11H2,1H3. The minimum Gasteiger partial charge on any atom is -0.380 e. The molecule has 0 aliphatic rings. The third-order valence-electron chi connectivity index (χ3n) is 3.65. The van der Waals surface area contributed by atoms with E-state index in [-0.39, 0.29) is 0 Å². The monoisotopic (exact) mass is 387 g/mol. The highest BCUT2D eigenvalue weighted by atomic mass is 35.5. The van der Waals surface area contributed by atoms with Crippen molar-refractivity contribution in [2.24, 2.45) is 0 Å². The van der Waals surface area contributed by atoms with Gasteiger partial charge in [-0.05, 0) is 41.5 Å². The molecule has 26 heavy (non-hydrogen) atoms. The van der Waals surface area contributed by atoms with Gasteiger partial charge < -0.3 is 5.32 Å². The van der Waals surface area contributed by atoms with Crippen LogP contribution in [-0.2, 0) is 16.6 Å². The van der Waals surface area contributed by atoms with Crippen LogP contribution in [0.2, 0.25) is 5.02 Å². The van der Waals surface area contributed by atoms with E-state index < -0.39 is 10.0 Å². The summed E-state index contributed by atoms with van der Waals surface area (Å²) in [5.41, 5.74) is 4.27. The lowest BCUT2D eigenvalue weighted by molar-refractivity contribution is 0.607. The smallest absolute Gasteiger partial charge is 0.229 e. The van der Waals surface area contributed by atoms with Crippen LogP contribution in [0, 0.1) is 0 Å². The Balaban J connectivity index is 1.76. The minimum absolute atomic E-state index is 0.518. The maximum atomic E-state index is 11.4. The Bertz CT molecular complexity index is 1010. The molecule has 0 saturated heterocycles. The highest BCUT2D eigenvalue weighted by molar-refractivity contribution is 7.92. The van der Waals surface area contributed by atoms with Crippen LogP contribution >= 0.6 is 11.6 Å². The average Bonchev–Trinajstić information content (AvgIpc) is 2.60. The predicted octanol–water partition coefficient (Wildman–Crippen LogP) is 4.39. The molecule has 0 bridgehead atoms. The van der Waals surface area contributed by atoms with Gasteiger partial charge in [-0.3, -0.25) is 9.71 Å². The SMILES string of the molecule is CS(=O)(=O)Nc1cccc(-c2cncc(NCc3ccc(Cl)cc3)c2)c1. The number of halogens is 1. The Kier molecular flexibility index (Phi) is 5.44. The molecule has 0 atom stereocenters. The van der Waals surface area contributed by atoms with Gasteiger partial charge >= 0.3 is 0 Å². The van der Waals surface area contributed by atoms with Crippen LogP contribution in [0.5, 0.6) is 0 Å². The van der Waals surface area contributed by atoms with Crippen molar-refractivity contribution in [3.8, 4) is 11.1 Å². The molecule has 3 aromatic rings. The molecule has 0 saturated carbocycles. The van der Waals surface area contributed by atoms with Crippen LogP contribution in [0.3, 0.4) is 0 Å². The zero-order chi connectivity index (χ0) is 18.6. The summed E-state index contributed by atoms with van der Waals surface area (Å²) in [6, 6.07) is 16.8. The van der Waals surface area contributed by atoms with Gasteiger partial charge in [0.2, 0.25) is 10.0 Å². The zero-order valence-corrected chi connectivity index (χ0v) is 15.7. The highest BCUT2D eigenvalue weighted by Gasteiger charge is 2.05. The lowest BCUT2D eigenvalue weighted by Gasteiger charge is -2.10. The first kappa shape index (κ1) is 18.2. The average molecular weight is 388 g/mol. The quantitative estimate of drug-likeness (QED) is 0.658. The topological polar surface area (TPSA) is 71.1 Å². The van der Waals surface area contributed by atoms with E-state index in [1.165, 1.54) is 0 Å². The normalized spacial score (nSPS) is 11.2. The number of pyridine rings is 1. The molecule has 0 aliphatic heterocycles. The summed E-state index contributed by atoms with van der Waals surface area (Å²) in [5.74, 6) is 0. The number of sulfonamides is 1. The number of rotatable bonds is 6. The summed E-state index contributed by atoms with van der Waals surface area (Å²) in [6.45, 7) is 0.651. The zero-order valence-electron chi connectivity index (χ0n) is 14.1. The fraction of sp³-hybridized carbons (Fsp3) is 0.105. The third kappa shape index (κ3) is 5.21. The van der Waals surface area contributed by atoms with E-state index in [9.17, 15) is 8.42 Å². The number of hydrogen-bond donors (Lipinski definition) is 2. The van der Waals surface area contributed by atoms with Gasteiger partial charge in [-0.2, -0.15) is 0 Å². The summed E-state index contributed by atoms with van der Waals surface area (Å²) in [7, 11) is -3.31. The molecule has 0 amide bonds. The molecule has 2 N–H and O–H groups in total. The van der Waals surface area contributed by atoms with Crippen molar-refractivity contribution in [3.63, 3.8) is 0 Å². The van der Waals surface area contributed by atoms with Crippen LogP contribution in [0.25, 0.3) is 11.1 Å². The van der Waals surface area contributed by atoms with Gasteiger partial charge in [0, 0.05) is 35.2 Å². The van der Waals surface area contributed by atoms with Gasteiger partial charge in [0.25, 0.3) is 0 Å². The molecule has 5 nitrogen and oxygen atoms in total. The molecule has 134 valence electrons. The first-order valence-corrected chi connectivity index (χ1v) is 10.2. The van der Waals surface area contributed by atoms with E-state index in [1.807, 2.05) is 36.4 Å². The minimum atomic E-state index is -3.31. The van der Waals surface area contributed by atoms with Crippen molar-refractivity contribution in [2.75, 3.05) is 16.3 Å². The molecule has 0 spiro atoms. The summed E-state index contributed by atoms with van der Waals surface area (Å²) in [6.07, 6.45) is 4.62. The molecule has 2 aromatic carbocycles. The summed E-state index contributed by atoms with van der Waals surface area (Å²) >= 11 is 5.90. The Labute approximate surface area is 158 Å². The molecule has 0 fully saturated rings. The lowest BCUT2D eigenvalue weighted by atomic mass is 10.1. The van der Waals surface area contributed by atoms with Crippen molar-refractivity contribution in [1.29, 1.82) is 0 Å². The van der Waals surface area contributed by atoms with E-state index in [4.69, 9.17) is 11.6 Å². The van der Waals surface area contributed by atoms with Crippen LogP contribution in [0.1, 0.15) is 5.56 Å². The van der Waals surface area contributed by atoms with Gasteiger partial charge in [-0.25, -0.2) is 8.42 Å². The number of nitrogens with zero attached hydrogens (tertiary/aromatic N) is 1. The predicted molar refractivity (Wildman–Crippen MR) is 107 cm³/mol. The molecular formula is C19H18ClN3O2S. The largest absolute Gasteiger partial charge is 0.380 e.